The number of amides is 1. The van der Waals surface area contributed by atoms with Crippen LogP contribution in [0.2, 0.25) is 0 Å². The predicted octanol–water partition coefficient (Wildman–Crippen LogP) is 1.53. The maximum absolute atomic E-state index is 12.8. The van der Waals surface area contributed by atoms with Crippen LogP contribution in [0.3, 0.4) is 0 Å². The van der Waals surface area contributed by atoms with Crippen LogP contribution in [-0.4, -0.2) is 71.7 Å². The Bertz CT molecular complexity index is 1150. The van der Waals surface area contributed by atoms with E-state index in [1.54, 1.807) is 42.5 Å². The SMILES string of the molecule is CN(C)S(=O)(=O)c1ccc(OCCNC(=O)[C@H]2CCCN(S(=O)(=O)c3ccccc3)C2)cc1. The number of piperidine rings is 1. The van der Waals surface area contributed by atoms with Crippen molar-refractivity contribution in [3.63, 3.8) is 0 Å². The highest BCUT2D eigenvalue weighted by Crippen LogP contribution is 2.24. The number of nitrogens with zero attached hydrogens (tertiary/aromatic N) is 2. The van der Waals surface area contributed by atoms with Crippen LogP contribution in [0.5, 0.6) is 5.75 Å². The smallest absolute Gasteiger partial charge is 0.243 e. The van der Waals surface area contributed by atoms with E-state index in [0.29, 0.717) is 25.1 Å². The average Bonchev–Trinajstić information content (AvgIpc) is 2.82. The van der Waals surface area contributed by atoms with E-state index in [2.05, 4.69) is 5.32 Å². The molecule has 1 aliphatic rings. The zero-order chi connectivity index (χ0) is 24.1. The number of hydrogen-bond donors (Lipinski definition) is 1. The van der Waals surface area contributed by atoms with Crippen molar-refractivity contribution < 1.29 is 26.4 Å². The Kier molecular flexibility index (Phi) is 8.11. The van der Waals surface area contributed by atoms with Crippen LogP contribution in [0, 0.1) is 5.92 Å². The van der Waals surface area contributed by atoms with Crippen LogP contribution >= 0.6 is 0 Å². The van der Waals surface area contributed by atoms with E-state index in [1.165, 1.54) is 30.5 Å². The summed E-state index contributed by atoms with van der Waals surface area (Å²) in [6.45, 7) is 0.984. The third kappa shape index (κ3) is 6.11. The Morgan fingerprint density at radius 1 is 1.03 bits per heavy atom. The summed E-state index contributed by atoms with van der Waals surface area (Å²) in [6, 6.07) is 14.3. The minimum atomic E-state index is -3.63. The largest absolute Gasteiger partial charge is 0.492 e. The quantitative estimate of drug-likeness (QED) is 0.528. The van der Waals surface area contributed by atoms with Gasteiger partial charge in [0.25, 0.3) is 0 Å². The van der Waals surface area contributed by atoms with Gasteiger partial charge in [0, 0.05) is 27.2 Å². The number of nitrogens with one attached hydrogen (secondary N) is 1. The maximum atomic E-state index is 12.8. The molecule has 0 unspecified atom stereocenters. The number of carbonyl (C=O) groups is 1. The normalized spacial score (nSPS) is 17.6. The van der Waals surface area contributed by atoms with E-state index in [9.17, 15) is 21.6 Å². The number of rotatable bonds is 9. The van der Waals surface area contributed by atoms with Crippen LogP contribution < -0.4 is 10.1 Å². The summed E-state index contributed by atoms with van der Waals surface area (Å²) >= 11 is 0. The Morgan fingerprint density at radius 2 is 1.70 bits per heavy atom. The van der Waals surface area contributed by atoms with E-state index in [4.69, 9.17) is 4.74 Å². The first-order valence-corrected chi connectivity index (χ1v) is 13.5. The molecule has 2 aromatic rings. The zero-order valence-electron chi connectivity index (χ0n) is 18.7. The number of sulfonamides is 2. The number of carbonyl (C=O) groups excluding carboxylic acids is 1. The van der Waals surface area contributed by atoms with Gasteiger partial charge in [-0.25, -0.2) is 21.1 Å². The third-order valence-corrected chi connectivity index (χ3v) is 9.12. The van der Waals surface area contributed by atoms with E-state index in [0.717, 1.165) is 4.31 Å². The minimum Gasteiger partial charge on any atom is -0.492 e. The molecule has 0 aliphatic carbocycles. The summed E-state index contributed by atoms with van der Waals surface area (Å²) in [5.41, 5.74) is 0. The van der Waals surface area contributed by atoms with E-state index >= 15 is 0 Å². The lowest BCUT2D eigenvalue weighted by Gasteiger charge is -2.31. The molecule has 1 atom stereocenters. The Hall–Kier alpha value is -2.47. The molecular formula is C22H29N3O6S2. The average molecular weight is 496 g/mol. The van der Waals surface area contributed by atoms with Crippen LogP contribution in [0.1, 0.15) is 12.8 Å². The lowest BCUT2D eigenvalue weighted by Crippen LogP contribution is -2.45. The lowest BCUT2D eigenvalue weighted by atomic mass is 9.99. The first kappa shape index (κ1) is 25.2. The van der Waals surface area contributed by atoms with Gasteiger partial charge in [-0.1, -0.05) is 18.2 Å². The van der Waals surface area contributed by atoms with Crippen LogP contribution in [-0.2, 0) is 24.8 Å². The molecule has 1 fully saturated rings. The standard InChI is InChI=1S/C22H29N3O6S2/c1-24(2)32(27,28)21-12-10-19(11-13-21)31-16-14-23-22(26)18-7-6-15-25(17-18)33(29,30)20-8-4-3-5-9-20/h3-5,8-13,18H,6-7,14-17H2,1-2H3,(H,23,26)/t18-/m0/s1. The summed E-state index contributed by atoms with van der Waals surface area (Å²) in [7, 11) is -4.20. The molecule has 1 amide bonds. The number of benzene rings is 2. The van der Waals surface area contributed by atoms with E-state index in [1.807, 2.05) is 0 Å². The van der Waals surface area contributed by atoms with Crippen molar-refractivity contribution in [3.05, 3.63) is 54.6 Å². The molecule has 0 radical (unpaired) electrons. The second-order valence-electron chi connectivity index (χ2n) is 7.91. The topological polar surface area (TPSA) is 113 Å². The summed E-state index contributed by atoms with van der Waals surface area (Å²) in [5.74, 6) is -0.147. The molecule has 180 valence electrons. The van der Waals surface area contributed by atoms with Gasteiger partial charge in [-0.2, -0.15) is 4.31 Å². The molecular weight excluding hydrogens is 466 g/mol. The number of hydrogen-bond acceptors (Lipinski definition) is 6. The monoisotopic (exact) mass is 495 g/mol. The minimum absolute atomic E-state index is 0.145. The number of ether oxygens (including phenoxy) is 1. The van der Waals surface area contributed by atoms with Crippen molar-refractivity contribution >= 4 is 26.0 Å². The fourth-order valence-corrected chi connectivity index (χ4v) is 5.97. The molecule has 3 rings (SSSR count). The highest BCUT2D eigenvalue weighted by atomic mass is 32.2. The highest BCUT2D eigenvalue weighted by Gasteiger charge is 2.33. The molecule has 0 aromatic heterocycles. The van der Waals surface area contributed by atoms with Gasteiger partial charge in [-0.05, 0) is 49.2 Å². The molecule has 33 heavy (non-hydrogen) atoms. The summed E-state index contributed by atoms with van der Waals surface area (Å²) < 4.78 is 57.9. The van der Waals surface area contributed by atoms with Crippen LogP contribution in [0.25, 0.3) is 0 Å². The van der Waals surface area contributed by atoms with E-state index < -0.39 is 26.0 Å². The Morgan fingerprint density at radius 3 is 2.33 bits per heavy atom. The predicted molar refractivity (Wildman–Crippen MR) is 124 cm³/mol. The molecule has 11 heteroatoms. The molecule has 1 aliphatic heterocycles. The molecule has 9 nitrogen and oxygen atoms in total. The van der Waals surface area contributed by atoms with Crippen LogP contribution in [0.4, 0.5) is 0 Å². The Labute approximate surface area is 195 Å². The molecule has 0 spiro atoms. The fourth-order valence-electron chi connectivity index (χ4n) is 3.52. The fraction of sp³-hybridized carbons (Fsp3) is 0.409. The third-order valence-electron chi connectivity index (χ3n) is 5.41. The van der Waals surface area contributed by atoms with Gasteiger partial charge in [0.2, 0.25) is 26.0 Å². The van der Waals surface area contributed by atoms with Crippen molar-refractivity contribution in [2.24, 2.45) is 5.92 Å². The molecule has 2 aromatic carbocycles. The molecule has 1 N–H and O–H groups in total. The zero-order valence-corrected chi connectivity index (χ0v) is 20.3. The second kappa shape index (κ2) is 10.6. The Balaban J connectivity index is 1.48. The summed E-state index contributed by atoms with van der Waals surface area (Å²) in [4.78, 5) is 13.0. The molecule has 1 saturated heterocycles. The summed E-state index contributed by atoms with van der Waals surface area (Å²) in [5, 5.41) is 2.80. The van der Waals surface area contributed by atoms with Crippen molar-refractivity contribution in [3.8, 4) is 5.75 Å². The van der Waals surface area contributed by atoms with Crippen molar-refractivity contribution in [1.29, 1.82) is 0 Å². The van der Waals surface area contributed by atoms with Gasteiger partial charge in [-0.15, -0.1) is 0 Å². The molecule has 1 heterocycles. The van der Waals surface area contributed by atoms with Gasteiger partial charge in [0.05, 0.1) is 22.3 Å². The first-order valence-electron chi connectivity index (χ1n) is 10.6. The van der Waals surface area contributed by atoms with Crippen LogP contribution in [0.15, 0.2) is 64.4 Å². The summed E-state index contributed by atoms with van der Waals surface area (Å²) in [6.07, 6.45) is 1.23. The van der Waals surface area contributed by atoms with Gasteiger partial charge in [0.15, 0.2) is 0 Å². The molecule has 0 saturated carbocycles. The van der Waals surface area contributed by atoms with Crippen molar-refractivity contribution in [1.82, 2.24) is 13.9 Å². The van der Waals surface area contributed by atoms with Gasteiger partial charge >= 0.3 is 0 Å². The van der Waals surface area contributed by atoms with Gasteiger partial charge < -0.3 is 10.1 Å². The van der Waals surface area contributed by atoms with Crippen molar-refractivity contribution in [2.75, 3.05) is 40.3 Å². The highest BCUT2D eigenvalue weighted by molar-refractivity contribution is 7.89. The lowest BCUT2D eigenvalue weighted by molar-refractivity contribution is -0.126. The van der Waals surface area contributed by atoms with Gasteiger partial charge in [-0.3, -0.25) is 4.79 Å². The van der Waals surface area contributed by atoms with Crippen molar-refractivity contribution in [2.45, 2.75) is 22.6 Å². The van der Waals surface area contributed by atoms with E-state index in [-0.39, 0.29) is 35.4 Å². The first-order chi connectivity index (χ1) is 15.6. The second-order valence-corrected chi connectivity index (χ2v) is 12.0. The maximum Gasteiger partial charge on any atom is 0.243 e. The molecule has 0 bridgehead atoms. The van der Waals surface area contributed by atoms with Gasteiger partial charge in [0.1, 0.15) is 12.4 Å².